The van der Waals surface area contributed by atoms with Crippen LogP contribution in [0, 0.1) is 0 Å². The molecule has 0 heterocycles. The summed E-state index contributed by atoms with van der Waals surface area (Å²) in [5.41, 5.74) is 0. The zero-order valence-electron chi connectivity index (χ0n) is 40.5. The van der Waals surface area contributed by atoms with E-state index in [1.165, 1.54) is 218 Å². The van der Waals surface area contributed by atoms with Crippen LogP contribution in [0.2, 0.25) is 0 Å². The van der Waals surface area contributed by atoms with Gasteiger partial charge in [-0.2, -0.15) is 0 Å². The molecule has 356 valence electrons. The van der Waals surface area contributed by atoms with Gasteiger partial charge in [0.1, 0.15) is 0 Å². The van der Waals surface area contributed by atoms with Crippen LogP contribution in [0.3, 0.4) is 0 Å². The molecule has 0 fully saturated rings. The van der Waals surface area contributed by atoms with E-state index in [1.807, 2.05) is 0 Å². The van der Waals surface area contributed by atoms with Crippen molar-refractivity contribution in [1.82, 2.24) is 5.32 Å². The molecule has 0 saturated carbocycles. The number of nitrogens with one attached hydrogen (secondary N) is 1. The molecule has 0 spiro atoms. The molecule has 0 aliphatic heterocycles. The van der Waals surface area contributed by atoms with Gasteiger partial charge in [-0.25, -0.2) is 0 Å². The van der Waals surface area contributed by atoms with Crippen LogP contribution in [0.25, 0.3) is 0 Å². The van der Waals surface area contributed by atoms with Crippen molar-refractivity contribution < 1.29 is 24.5 Å². The lowest BCUT2D eigenvalue weighted by Gasteiger charge is -2.22. The number of carbonyl (C=O) groups is 2. The summed E-state index contributed by atoms with van der Waals surface area (Å²) >= 11 is 0. The summed E-state index contributed by atoms with van der Waals surface area (Å²) in [5.74, 6) is -0.0464. The van der Waals surface area contributed by atoms with E-state index in [9.17, 15) is 19.8 Å². The second kappa shape index (κ2) is 50.2. The molecule has 2 unspecified atom stereocenters. The van der Waals surface area contributed by atoms with E-state index in [4.69, 9.17) is 4.74 Å². The number of hydrogen-bond acceptors (Lipinski definition) is 5. The molecular weight excluding hydrogens is 743 g/mol. The molecule has 6 nitrogen and oxygen atoms in total. The molecule has 0 aromatic carbocycles. The zero-order chi connectivity index (χ0) is 43.7. The fraction of sp³-hybridized carbons (Fsp3) is 0.926. The molecule has 0 aliphatic rings. The minimum absolute atomic E-state index is 0.00404. The Morgan fingerprint density at radius 1 is 0.450 bits per heavy atom. The average Bonchev–Trinajstić information content (AvgIpc) is 3.25. The van der Waals surface area contributed by atoms with Crippen molar-refractivity contribution in [3.05, 3.63) is 12.2 Å². The molecule has 1 amide bonds. The molecule has 0 bridgehead atoms. The third kappa shape index (κ3) is 46.1. The second-order valence-electron chi connectivity index (χ2n) is 18.6. The van der Waals surface area contributed by atoms with Gasteiger partial charge in [-0.3, -0.25) is 9.59 Å². The number of amides is 1. The van der Waals surface area contributed by atoms with E-state index in [-0.39, 0.29) is 18.5 Å². The highest BCUT2D eigenvalue weighted by Crippen LogP contribution is 2.17. The van der Waals surface area contributed by atoms with E-state index in [1.54, 1.807) is 0 Å². The minimum atomic E-state index is -0.667. The number of unbranched alkanes of at least 4 members (excludes halogenated alkanes) is 37. The van der Waals surface area contributed by atoms with E-state index in [0.29, 0.717) is 25.9 Å². The summed E-state index contributed by atoms with van der Waals surface area (Å²) in [6, 6.07) is -0.544. The highest BCUT2D eigenvalue weighted by Gasteiger charge is 2.20. The first-order chi connectivity index (χ1) is 29.5. The lowest BCUT2D eigenvalue weighted by molar-refractivity contribution is -0.143. The molecule has 2 atom stereocenters. The summed E-state index contributed by atoms with van der Waals surface area (Å²) < 4.78 is 5.47. The topological polar surface area (TPSA) is 95.9 Å². The van der Waals surface area contributed by atoms with Crippen molar-refractivity contribution in [2.24, 2.45) is 0 Å². The number of esters is 1. The maximum Gasteiger partial charge on any atom is 0.305 e. The van der Waals surface area contributed by atoms with Crippen molar-refractivity contribution in [2.75, 3.05) is 13.2 Å². The van der Waals surface area contributed by atoms with Crippen LogP contribution in [-0.2, 0) is 14.3 Å². The normalized spacial score (nSPS) is 12.7. The van der Waals surface area contributed by atoms with Crippen molar-refractivity contribution in [2.45, 2.75) is 309 Å². The standard InChI is InChI=1S/C54H105NO5/c1-3-5-7-9-11-13-15-16-17-21-24-28-32-36-40-44-48-54(59)60-49-45-41-37-33-29-25-22-19-18-20-23-27-31-35-39-43-47-53(58)55-51(50-56)52(57)46-42-38-34-30-26-14-12-10-8-6-4-2/h17,21,51-52,56-57H,3-16,18-20,22-50H2,1-2H3,(H,55,58)/b21-17-. The Morgan fingerprint density at radius 2 is 0.783 bits per heavy atom. The Morgan fingerprint density at radius 3 is 1.18 bits per heavy atom. The summed E-state index contributed by atoms with van der Waals surface area (Å²) in [5, 5.41) is 23.1. The van der Waals surface area contributed by atoms with Crippen LogP contribution in [0.15, 0.2) is 12.2 Å². The number of carbonyl (C=O) groups excluding carboxylic acids is 2. The van der Waals surface area contributed by atoms with Gasteiger partial charge in [-0.1, -0.05) is 244 Å². The Labute approximate surface area is 374 Å². The predicted molar refractivity (Wildman–Crippen MR) is 260 cm³/mol. The lowest BCUT2D eigenvalue weighted by atomic mass is 10.0. The van der Waals surface area contributed by atoms with Crippen LogP contribution in [0.4, 0.5) is 0 Å². The van der Waals surface area contributed by atoms with Gasteiger partial charge >= 0.3 is 5.97 Å². The Hall–Kier alpha value is -1.40. The summed E-state index contributed by atoms with van der Waals surface area (Å²) in [7, 11) is 0. The highest BCUT2D eigenvalue weighted by molar-refractivity contribution is 5.76. The van der Waals surface area contributed by atoms with Crippen LogP contribution in [0.1, 0.15) is 296 Å². The maximum atomic E-state index is 12.4. The molecule has 0 radical (unpaired) electrons. The number of allylic oxidation sites excluding steroid dienone is 2. The minimum Gasteiger partial charge on any atom is -0.466 e. The van der Waals surface area contributed by atoms with Crippen LogP contribution in [-0.4, -0.2) is 47.4 Å². The van der Waals surface area contributed by atoms with Gasteiger partial charge < -0.3 is 20.3 Å². The van der Waals surface area contributed by atoms with Gasteiger partial charge in [-0.15, -0.1) is 0 Å². The molecule has 0 aliphatic carbocycles. The average molecular weight is 848 g/mol. The molecular formula is C54H105NO5. The zero-order valence-corrected chi connectivity index (χ0v) is 40.5. The van der Waals surface area contributed by atoms with E-state index in [0.717, 1.165) is 44.9 Å². The van der Waals surface area contributed by atoms with Crippen LogP contribution >= 0.6 is 0 Å². The van der Waals surface area contributed by atoms with E-state index in [2.05, 4.69) is 31.3 Å². The van der Waals surface area contributed by atoms with E-state index >= 15 is 0 Å². The highest BCUT2D eigenvalue weighted by atomic mass is 16.5. The molecule has 0 aromatic rings. The van der Waals surface area contributed by atoms with Gasteiger partial charge in [0.05, 0.1) is 25.4 Å². The van der Waals surface area contributed by atoms with Crippen LogP contribution in [0.5, 0.6) is 0 Å². The first-order valence-electron chi connectivity index (χ1n) is 26.9. The van der Waals surface area contributed by atoms with Gasteiger partial charge in [0.15, 0.2) is 0 Å². The van der Waals surface area contributed by atoms with Crippen molar-refractivity contribution >= 4 is 11.9 Å². The van der Waals surface area contributed by atoms with Gasteiger partial charge in [0.2, 0.25) is 5.91 Å². The van der Waals surface area contributed by atoms with Gasteiger partial charge in [0, 0.05) is 12.8 Å². The smallest absolute Gasteiger partial charge is 0.305 e. The number of hydrogen-bond donors (Lipinski definition) is 3. The molecule has 3 N–H and O–H groups in total. The Balaban J connectivity index is 3.40. The predicted octanol–water partition coefficient (Wildman–Crippen LogP) is 16.1. The number of aliphatic hydroxyl groups is 2. The van der Waals surface area contributed by atoms with Gasteiger partial charge in [-0.05, 0) is 51.4 Å². The number of aliphatic hydroxyl groups excluding tert-OH is 2. The Kier molecular flexibility index (Phi) is 49.1. The first kappa shape index (κ1) is 58.6. The number of rotatable bonds is 50. The van der Waals surface area contributed by atoms with Crippen LogP contribution < -0.4 is 5.32 Å². The Bertz CT molecular complexity index is 893. The van der Waals surface area contributed by atoms with Crippen molar-refractivity contribution in [1.29, 1.82) is 0 Å². The molecule has 0 rings (SSSR count). The van der Waals surface area contributed by atoms with Crippen molar-refractivity contribution in [3.8, 4) is 0 Å². The number of ether oxygens (including phenoxy) is 1. The molecule has 0 aromatic heterocycles. The quantitative estimate of drug-likeness (QED) is 0.0322. The summed E-state index contributed by atoms with van der Waals surface area (Å²) in [4.78, 5) is 24.5. The summed E-state index contributed by atoms with van der Waals surface area (Å²) in [6.07, 6.45) is 57.6. The fourth-order valence-corrected chi connectivity index (χ4v) is 8.40. The third-order valence-electron chi connectivity index (χ3n) is 12.6. The monoisotopic (exact) mass is 848 g/mol. The first-order valence-corrected chi connectivity index (χ1v) is 26.9. The SMILES string of the molecule is CCCCCCCCC/C=C\CCCCCCCC(=O)OCCCCCCCCCCCCCCCCCCC(=O)NC(CO)C(O)CCCCCCCCCCCCC. The maximum absolute atomic E-state index is 12.4. The lowest BCUT2D eigenvalue weighted by Crippen LogP contribution is -2.45. The molecule has 6 heteroatoms. The molecule has 0 saturated heterocycles. The van der Waals surface area contributed by atoms with Gasteiger partial charge in [0.25, 0.3) is 0 Å². The third-order valence-corrected chi connectivity index (χ3v) is 12.6. The molecule has 60 heavy (non-hydrogen) atoms. The largest absolute Gasteiger partial charge is 0.466 e. The van der Waals surface area contributed by atoms with Crippen molar-refractivity contribution in [3.63, 3.8) is 0 Å². The van der Waals surface area contributed by atoms with E-state index < -0.39 is 12.1 Å². The second-order valence-corrected chi connectivity index (χ2v) is 18.6. The summed E-state index contributed by atoms with van der Waals surface area (Å²) in [6.45, 7) is 4.93. The fourth-order valence-electron chi connectivity index (χ4n) is 8.40.